The minimum Gasteiger partial charge on any atom is -0.347 e. The second-order valence-corrected chi connectivity index (χ2v) is 5.72. The summed E-state index contributed by atoms with van der Waals surface area (Å²) >= 11 is 0. The van der Waals surface area contributed by atoms with Gasteiger partial charge in [0.1, 0.15) is 0 Å². The largest absolute Gasteiger partial charge is 0.347 e. The van der Waals surface area contributed by atoms with E-state index < -0.39 is 0 Å². The van der Waals surface area contributed by atoms with E-state index in [0.29, 0.717) is 17.7 Å². The molecule has 3 rings (SSSR count). The molecule has 0 atom stereocenters. The Morgan fingerprint density at radius 1 is 0.760 bits per heavy atom. The zero-order valence-electron chi connectivity index (χ0n) is 13.8. The molecule has 0 aliphatic heterocycles. The third kappa shape index (κ3) is 4.61. The Balaban J connectivity index is 1.57. The fourth-order valence-electron chi connectivity index (χ4n) is 2.49. The van der Waals surface area contributed by atoms with Crippen molar-refractivity contribution in [2.24, 2.45) is 0 Å². The van der Waals surface area contributed by atoms with Crippen molar-refractivity contribution in [3.05, 3.63) is 102 Å². The minimum atomic E-state index is -0.0732. The molecule has 0 saturated heterocycles. The lowest BCUT2D eigenvalue weighted by atomic mass is 10.0. The van der Waals surface area contributed by atoms with E-state index in [1.165, 1.54) is 0 Å². The van der Waals surface area contributed by atoms with Crippen LogP contribution in [0.2, 0.25) is 0 Å². The number of amides is 1. The van der Waals surface area contributed by atoms with E-state index in [0.717, 1.165) is 5.56 Å². The Bertz CT molecular complexity index is 844. The van der Waals surface area contributed by atoms with Gasteiger partial charge in [-0.25, -0.2) is 0 Å². The first kappa shape index (κ1) is 16.6. The molecule has 0 unspecified atom stereocenters. The van der Waals surface area contributed by atoms with E-state index in [2.05, 4.69) is 5.32 Å². The van der Waals surface area contributed by atoms with Crippen molar-refractivity contribution in [3.8, 4) is 0 Å². The average Bonchev–Trinajstić information content (AvgIpc) is 2.68. The molecule has 1 N–H and O–H groups in total. The summed E-state index contributed by atoms with van der Waals surface area (Å²) in [5.41, 5.74) is 2.32. The van der Waals surface area contributed by atoms with Crippen LogP contribution in [0.15, 0.2) is 85.2 Å². The molecule has 124 valence electrons. The van der Waals surface area contributed by atoms with Crippen molar-refractivity contribution in [2.45, 2.75) is 13.1 Å². The maximum atomic E-state index is 12.4. The predicted molar refractivity (Wildman–Crippen MR) is 94.8 cm³/mol. The number of pyridine rings is 1. The summed E-state index contributed by atoms with van der Waals surface area (Å²) in [4.78, 5) is 24.4. The van der Waals surface area contributed by atoms with Gasteiger partial charge in [-0.2, -0.15) is 4.57 Å². The van der Waals surface area contributed by atoms with Crippen LogP contribution in [0.25, 0.3) is 0 Å². The van der Waals surface area contributed by atoms with E-state index in [1.54, 1.807) is 41.2 Å². The SMILES string of the molecule is O=C(C[n+]1ccc(C(=O)c2ccccc2)cc1)NCc1ccccc1. The van der Waals surface area contributed by atoms with Crippen LogP contribution in [0, 0.1) is 0 Å². The van der Waals surface area contributed by atoms with Crippen LogP contribution in [0.4, 0.5) is 0 Å². The van der Waals surface area contributed by atoms with Crippen molar-refractivity contribution in [1.29, 1.82) is 0 Å². The maximum absolute atomic E-state index is 12.4. The average molecular weight is 331 g/mol. The number of carbonyl (C=O) groups is 2. The van der Waals surface area contributed by atoms with Crippen LogP contribution < -0.4 is 9.88 Å². The second-order valence-electron chi connectivity index (χ2n) is 5.72. The summed E-state index contributed by atoms with van der Waals surface area (Å²) < 4.78 is 1.75. The van der Waals surface area contributed by atoms with Gasteiger partial charge < -0.3 is 5.32 Å². The third-order valence-electron chi connectivity index (χ3n) is 3.85. The number of hydrogen-bond donors (Lipinski definition) is 1. The van der Waals surface area contributed by atoms with Gasteiger partial charge in [-0.05, 0) is 5.56 Å². The topological polar surface area (TPSA) is 50.0 Å². The Kier molecular flexibility index (Phi) is 5.32. The van der Waals surface area contributed by atoms with Crippen LogP contribution in [0.3, 0.4) is 0 Å². The van der Waals surface area contributed by atoms with Gasteiger partial charge in [-0.15, -0.1) is 0 Å². The number of aromatic nitrogens is 1. The number of nitrogens with zero attached hydrogens (tertiary/aromatic N) is 1. The Hall–Kier alpha value is -3.27. The van der Waals surface area contributed by atoms with Gasteiger partial charge in [-0.3, -0.25) is 9.59 Å². The molecule has 0 saturated carbocycles. The van der Waals surface area contributed by atoms with E-state index >= 15 is 0 Å². The van der Waals surface area contributed by atoms with Crippen molar-refractivity contribution < 1.29 is 14.2 Å². The summed E-state index contributed by atoms with van der Waals surface area (Å²) in [6.45, 7) is 0.720. The third-order valence-corrected chi connectivity index (χ3v) is 3.85. The van der Waals surface area contributed by atoms with E-state index in [1.807, 2.05) is 48.5 Å². The predicted octanol–water partition coefficient (Wildman–Crippen LogP) is 2.52. The molecule has 0 aliphatic carbocycles. The molecule has 1 heterocycles. The smallest absolute Gasteiger partial charge is 0.286 e. The molecule has 0 aliphatic rings. The molecule has 0 bridgehead atoms. The number of rotatable bonds is 6. The highest BCUT2D eigenvalue weighted by molar-refractivity contribution is 6.08. The summed E-state index contributed by atoms with van der Waals surface area (Å²) in [6, 6.07) is 22.4. The summed E-state index contributed by atoms with van der Waals surface area (Å²) in [6.07, 6.45) is 3.50. The summed E-state index contributed by atoms with van der Waals surface area (Å²) in [7, 11) is 0. The van der Waals surface area contributed by atoms with Crippen LogP contribution in [0.1, 0.15) is 21.5 Å². The minimum absolute atomic E-state index is 0.0266. The highest BCUT2D eigenvalue weighted by Gasteiger charge is 2.12. The van der Waals surface area contributed by atoms with E-state index in [-0.39, 0.29) is 18.2 Å². The van der Waals surface area contributed by atoms with Crippen molar-refractivity contribution in [3.63, 3.8) is 0 Å². The zero-order chi connectivity index (χ0) is 17.5. The normalized spacial score (nSPS) is 10.2. The molecule has 0 spiro atoms. The quantitative estimate of drug-likeness (QED) is 0.557. The van der Waals surface area contributed by atoms with Gasteiger partial charge in [0.25, 0.3) is 5.91 Å². The summed E-state index contributed by atoms with van der Waals surface area (Å²) in [5, 5.41) is 2.88. The lowest BCUT2D eigenvalue weighted by Crippen LogP contribution is -2.42. The Morgan fingerprint density at radius 3 is 1.96 bits per heavy atom. The molecular weight excluding hydrogens is 312 g/mol. The first-order valence-electron chi connectivity index (χ1n) is 8.12. The van der Waals surface area contributed by atoms with Gasteiger partial charge >= 0.3 is 0 Å². The highest BCUT2D eigenvalue weighted by atomic mass is 16.2. The molecule has 25 heavy (non-hydrogen) atoms. The van der Waals surface area contributed by atoms with Gasteiger partial charge in [0.05, 0.1) is 0 Å². The molecular formula is C21H19N2O2+. The Morgan fingerprint density at radius 2 is 1.32 bits per heavy atom. The lowest BCUT2D eigenvalue weighted by Gasteiger charge is -2.04. The standard InChI is InChI=1S/C21H18N2O2/c24-20(22-15-17-7-3-1-4-8-17)16-23-13-11-19(12-14-23)21(25)18-9-5-2-6-10-18/h1-14H,15-16H2/p+1. The molecule has 3 aromatic rings. The highest BCUT2D eigenvalue weighted by Crippen LogP contribution is 2.07. The molecule has 1 amide bonds. The lowest BCUT2D eigenvalue weighted by molar-refractivity contribution is -0.684. The van der Waals surface area contributed by atoms with Crippen LogP contribution >= 0.6 is 0 Å². The van der Waals surface area contributed by atoms with E-state index in [9.17, 15) is 9.59 Å². The number of benzene rings is 2. The van der Waals surface area contributed by atoms with Crippen LogP contribution in [0.5, 0.6) is 0 Å². The van der Waals surface area contributed by atoms with Crippen LogP contribution in [-0.4, -0.2) is 11.7 Å². The maximum Gasteiger partial charge on any atom is 0.286 e. The second kappa shape index (κ2) is 8.02. The number of carbonyl (C=O) groups excluding carboxylic acids is 2. The first-order chi connectivity index (χ1) is 12.2. The van der Waals surface area contributed by atoms with Crippen molar-refractivity contribution in [2.75, 3.05) is 0 Å². The number of ketones is 1. The molecule has 4 nitrogen and oxygen atoms in total. The molecule has 0 fully saturated rings. The van der Waals surface area contributed by atoms with E-state index in [4.69, 9.17) is 0 Å². The molecule has 0 radical (unpaired) electrons. The molecule has 2 aromatic carbocycles. The summed E-state index contributed by atoms with van der Waals surface area (Å²) in [5.74, 6) is -0.0998. The monoisotopic (exact) mass is 331 g/mol. The van der Waals surface area contributed by atoms with Gasteiger partial charge in [-0.1, -0.05) is 60.7 Å². The number of hydrogen-bond acceptors (Lipinski definition) is 2. The fraction of sp³-hybridized carbons (Fsp3) is 0.0952. The van der Waals surface area contributed by atoms with Gasteiger partial charge in [0, 0.05) is 29.8 Å². The zero-order valence-corrected chi connectivity index (χ0v) is 13.8. The van der Waals surface area contributed by atoms with Crippen LogP contribution in [-0.2, 0) is 17.9 Å². The van der Waals surface area contributed by atoms with Crippen molar-refractivity contribution >= 4 is 11.7 Å². The van der Waals surface area contributed by atoms with Gasteiger partial charge in [0.2, 0.25) is 6.54 Å². The molecule has 1 aromatic heterocycles. The fourth-order valence-corrected chi connectivity index (χ4v) is 2.49. The first-order valence-corrected chi connectivity index (χ1v) is 8.12. The van der Waals surface area contributed by atoms with Crippen molar-refractivity contribution in [1.82, 2.24) is 5.32 Å². The number of nitrogens with one attached hydrogen (secondary N) is 1. The molecule has 4 heteroatoms. The van der Waals surface area contributed by atoms with Gasteiger partial charge in [0.15, 0.2) is 18.2 Å². The Labute approximate surface area is 146 Å².